The van der Waals surface area contributed by atoms with Crippen LogP contribution < -0.4 is 0 Å². The van der Waals surface area contributed by atoms with E-state index in [1.54, 1.807) is 18.2 Å². The Bertz CT molecular complexity index is 1030. The number of β-amino-alcohol motifs (C(OH)–C–C–N with tert-alkyl or cyclic N) is 1. The molecule has 2 aromatic carbocycles. The third kappa shape index (κ3) is 4.45. The molecule has 1 fully saturated rings. The number of aryl methyl sites for hydroxylation is 1. The Morgan fingerprint density at radius 2 is 1.87 bits per heavy atom. The Labute approximate surface area is 179 Å². The van der Waals surface area contributed by atoms with Crippen LogP contribution in [0.3, 0.4) is 0 Å². The number of Topliss-reactive ketones (excluding diaryl/α,β-unsaturated/α-hetero) is 1. The van der Waals surface area contributed by atoms with Crippen LogP contribution >= 0.6 is 11.6 Å². The molecular weight excluding hydrogens is 404 g/mol. The average molecular weight is 425 g/mol. The van der Waals surface area contributed by atoms with Crippen LogP contribution in [0.15, 0.2) is 65.2 Å². The van der Waals surface area contributed by atoms with Crippen molar-refractivity contribution in [2.75, 3.05) is 6.54 Å². The van der Waals surface area contributed by atoms with Crippen molar-refractivity contribution in [2.45, 2.75) is 31.4 Å². The van der Waals surface area contributed by atoms with Crippen molar-refractivity contribution in [1.29, 1.82) is 0 Å². The number of rotatable bonds is 6. The summed E-state index contributed by atoms with van der Waals surface area (Å²) in [5.41, 5.74) is 1.92. The number of likely N-dealkylation sites (tertiary alicyclic amines) is 1. The third-order valence-electron chi connectivity index (χ3n) is 5.27. The fraction of sp³-hybridized carbons (Fsp3) is 0.261. The molecule has 1 aliphatic rings. The molecule has 1 N–H and O–H groups in total. The number of aliphatic hydroxyl groups is 1. The Hall–Kier alpha value is -2.96. The average Bonchev–Trinajstić information content (AvgIpc) is 3.40. The topological polar surface area (TPSA) is 83.6 Å². The van der Waals surface area contributed by atoms with E-state index < -0.39 is 18.1 Å². The summed E-state index contributed by atoms with van der Waals surface area (Å²) in [6.07, 6.45) is 0.317. The molecule has 0 bridgehead atoms. The van der Waals surface area contributed by atoms with E-state index >= 15 is 0 Å². The number of carbonyl (C=O) groups excluding carboxylic acids is 2. The van der Waals surface area contributed by atoms with Crippen LogP contribution in [-0.4, -0.2) is 45.5 Å². The van der Waals surface area contributed by atoms with E-state index in [0.717, 1.165) is 11.1 Å². The van der Waals surface area contributed by atoms with E-state index in [4.69, 9.17) is 16.1 Å². The minimum Gasteiger partial charge on any atom is -0.391 e. The second-order valence-electron chi connectivity index (χ2n) is 7.40. The summed E-state index contributed by atoms with van der Waals surface area (Å²) in [7, 11) is 0. The second kappa shape index (κ2) is 8.81. The minimum atomic E-state index is -0.737. The molecule has 0 aliphatic carbocycles. The predicted molar refractivity (Wildman–Crippen MR) is 112 cm³/mol. The number of benzene rings is 2. The molecule has 6 nitrogen and oxygen atoms in total. The van der Waals surface area contributed by atoms with Crippen LogP contribution in [0, 0.1) is 0 Å². The Morgan fingerprint density at radius 1 is 1.13 bits per heavy atom. The number of aromatic nitrogens is 1. The fourth-order valence-corrected chi connectivity index (χ4v) is 3.82. The van der Waals surface area contributed by atoms with Gasteiger partial charge in [0.2, 0.25) is 0 Å². The first-order chi connectivity index (χ1) is 14.5. The molecule has 1 aliphatic heterocycles. The molecule has 1 aromatic heterocycles. The Kier molecular flexibility index (Phi) is 5.97. The second-order valence-corrected chi connectivity index (χ2v) is 7.83. The van der Waals surface area contributed by atoms with Crippen molar-refractivity contribution in [3.63, 3.8) is 0 Å². The first-order valence-electron chi connectivity index (χ1n) is 9.79. The maximum absolute atomic E-state index is 13.0. The van der Waals surface area contributed by atoms with Crippen LogP contribution in [0.5, 0.6) is 0 Å². The molecule has 3 aromatic rings. The number of hydrogen-bond donors (Lipinski definition) is 1. The van der Waals surface area contributed by atoms with Gasteiger partial charge in [-0.3, -0.25) is 9.59 Å². The van der Waals surface area contributed by atoms with Crippen molar-refractivity contribution < 1.29 is 19.2 Å². The zero-order chi connectivity index (χ0) is 21.1. The molecule has 0 spiro atoms. The van der Waals surface area contributed by atoms with Gasteiger partial charge in [-0.25, -0.2) is 0 Å². The van der Waals surface area contributed by atoms with Gasteiger partial charge in [-0.2, -0.15) is 0 Å². The van der Waals surface area contributed by atoms with Gasteiger partial charge >= 0.3 is 0 Å². The van der Waals surface area contributed by atoms with E-state index in [1.165, 1.54) is 4.90 Å². The van der Waals surface area contributed by atoms with Crippen LogP contribution in [0.25, 0.3) is 11.3 Å². The molecule has 1 saturated heterocycles. The highest BCUT2D eigenvalue weighted by Crippen LogP contribution is 2.25. The SMILES string of the molecule is O=C(CCc1ccc(Cl)cc1)[C@@H]1C[C@@H](O)CN1C(=O)c1cc(-c2ccccc2)on1. The van der Waals surface area contributed by atoms with Crippen molar-refractivity contribution in [2.24, 2.45) is 0 Å². The highest BCUT2D eigenvalue weighted by atomic mass is 35.5. The molecule has 7 heteroatoms. The monoisotopic (exact) mass is 424 g/mol. The lowest BCUT2D eigenvalue weighted by Crippen LogP contribution is -2.41. The number of amides is 1. The zero-order valence-corrected chi connectivity index (χ0v) is 17.0. The lowest BCUT2D eigenvalue weighted by Gasteiger charge is -2.22. The van der Waals surface area contributed by atoms with Gasteiger partial charge in [0.1, 0.15) is 0 Å². The van der Waals surface area contributed by atoms with Gasteiger partial charge in [0, 0.05) is 36.0 Å². The predicted octanol–water partition coefficient (Wildman–Crippen LogP) is 3.77. The standard InChI is InChI=1S/C23H21ClN2O4/c24-17-9-6-15(7-10-17)8-11-21(28)20-12-18(27)14-26(20)23(29)19-13-22(30-25-19)16-4-2-1-3-5-16/h1-7,9-10,13,18,20,27H,8,11-12,14H2/t18-,20+/m1/s1. The smallest absolute Gasteiger partial charge is 0.276 e. The first kappa shape index (κ1) is 20.3. The summed E-state index contributed by atoms with van der Waals surface area (Å²) in [5.74, 6) is -0.0201. The number of aliphatic hydroxyl groups excluding tert-OH is 1. The van der Waals surface area contributed by atoms with Crippen LogP contribution in [-0.2, 0) is 11.2 Å². The number of hydrogen-bond acceptors (Lipinski definition) is 5. The quantitative estimate of drug-likeness (QED) is 0.651. The van der Waals surface area contributed by atoms with Crippen molar-refractivity contribution in [1.82, 2.24) is 10.1 Å². The number of nitrogens with zero attached hydrogens (tertiary/aromatic N) is 2. The van der Waals surface area contributed by atoms with Gasteiger partial charge < -0.3 is 14.5 Å². The first-order valence-corrected chi connectivity index (χ1v) is 10.2. The lowest BCUT2D eigenvalue weighted by atomic mass is 10.0. The molecule has 0 saturated carbocycles. The third-order valence-corrected chi connectivity index (χ3v) is 5.52. The molecule has 2 heterocycles. The van der Waals surface area contributed by atoms with E-state index in [0.29, 0.717) is 17.2 Å². The van der Waals surface area contributed by atoms with Crippen molar-refractivity contribution >= 4 is 23.3 Å². The molecule has 1 amide bonds. The molecule has 30 heavy (non-hydrogen) atoms. The molecular formula is C23H21ClN2O4. The van der Waals surface area contributed by atoms with Crippen LogP contribution in [0.1, 0.15) is 28.9 Å². The Morgan fingerprint density at radius 3 is 2.60 bits per heavy atom. The summed E-state index contributed by atoms with van der Waals surface area (Å²) in [4.78, 5) is 27.2. The summed E-state index contributed by atoms with van der Waals surface area (Å²) in [5, 5.41) is 14.6. The minimum absolute atomic E-state index is 0.0818. The molecule has 154 valence electrons. The zero-order valence-electron chi connectivity index (χ0n) is 16.2. The van der Waals surface area contributed by atoms with Crippen LogP contribution in [0.4, 0.5) is 0 Å². The van der Waals surface area contributed by atoms with Gasteiger partial charge in [0.05, 0.1) is 12.1 Å². The van der Waals surface area contributed by atoms with E-state index in [9.17, 15) is 14.7 Å². The molecule has 4 rings (SSSR count). The normalized spacial score (nSPS) is 18.5. The largest absolute Gasteiger partial charge is 0.391 e. The van der Waals surface area contributed by atoms with Crippen molar-refractivity contribution in [3.8, 4) is 11.3 Å². The van der Waals surface area contributed by atoms with E-state index in [1.807, 2.05) is 42.5 Å². The van der Waals surface area contributed by atoms with Crippen molar-refractivity contribution in [3.05, 3.63) is 76.9 Å². The maximum atomic E-state index is 13.0. The molecule has 2 atom stereocenters. The summed E-state index contributed by atoms with van der Waals surface area (Å²) >= 11 is 5.89. The van der Waals surface area contributed by atoms with E-state index in [2.05, 4.69) is 5.16 Å². The van der Waals surface area contributed by atoms with Crippen LogP contribution in [0.2, 0.25) is 5.02 Å². The van der Waals surface area contributed by atoms with Gasteiger partial charge in [-0.05, 0) is 24.1 Å². The molecule has 0 unspecified atom stereocenters. The van der Waals surface area contributed by atoms with Gasteiger partial charge in [0.15, 0.2) is 17.2 Å². The summed E-state index contributed by atoms with van der Waals surface area (Å²) in [6.45, 7) is 0.101. The summed E-state index contributed by atoms with van der Waals surface area (Å²) in [6, 6.07) is 17.6. The molecule has 0 radical (unpaired) electrons. The van der Waals surface area contributed by atoms with E-state index in [-0.39, 0.29) is 30.9 Å². The van der Waals surface area contributed by atoms with Gasteiger partial charge in [-0.1, -0.05) is 59.2 Å². The number of halogens is 1. The Balaban J connectivity index is 1.45. The van der Waals surface area contributed by atoms with Gasteiger partial charge in [-0.15, -0.1) is 0 Å². The number of ketones is 1. The lowest BCUT2D eigenvalue weighted by molar-refractivity contribution is -0.122. The fourth-order valence-electron chi connectivity index (χ4n) is 3.69. The highest BCUT2D eigenvalue weighted by Gasteiger charge is 2.39. The highest BCUT2D eigenvalue weighted by molar-refractivity contribution is 6.30. The van der Waals surface area contributed by atoms with Gasteiger partial charge in [0.25, 0.3) is 5.91 Å². The maximum Gasteiger partial charge on any atom is 0.276 e. The summed E-state index contributed by atoms with van der Waals surface area (Å²) < 4.78 is 5.31. The number of carbonyl (C=O) groups is 2.